The van der Waals surface area contributed by atoms with E-state index in [4.69, 9.17) is 10.7 Å². The summed E-state index contributed by atoms with van der Waals surface area (Å²) >= 11 is 1.66. The Hall–Kier alpha value is -1.72. The zero-order valence-electron chi connectivity index (χ0n) is 12.6. The van der Waals surface area contributed by atoms with Crippen LogP contribution in [0.15, 0.2) is 23.6 Å². The highest BCUT2D eigenvalue weighted by atomic mass is 32.1. The summed E-state index contributed by atoms with van der Waals surface area (Å²) in [5, 5.41) is 3.16. The van der Waals surface area contributed by atoms with Gasteiger partial charge in [-0.3, -0.25) is 0 Å². The molecule has 2 aromatic heterocycles. The molecule has 0 aliphatic heterocycles. The van der Waals surface area contributed by atoms with E-state index in [-0.39, 0.29) is 0 Å². The molecule has 2 N–H and O–H groups in total. The first-order chi connectivity index (χ1) is 10.1. The molecule has 0 aliphatic rings. The minimum absolute atomic E-state index is 0.340. The van der Waals surface area contributed by atoms with Crippen molar-refractivity contribution in [1.82, 2.24) is 14.5 Å². The zero-order chi connectivity index (χ0) is 15.0. The Morgan fingerprint density at radius 1 is 1.29 bits per heavy atom. The molecule has 0 radical (unpaired) electrons. The fraction of sp³-hybridized carbons (Fsp3) is 0.375. The summed E-state index contributed by atoms with van der Waals surface area (Å²) in [5.41, 5.74) is 9.99. The van der Waals surface area contributed by atoms with Gasteiger partial charge in [0.2, 0.25) is 0 Å². The SMILES string of the molecule is Cc1ccc2c(c1)nc(-c1csc(CCN)n1)n2C(C)C. The molecule has 0 saturated carbocycles. The van der Waals surface area contributed by atoms with E-state index in [0.29, 0.717) is 12.6 Å². The van der Waals surface area contributed by atoms with Crippen LogP contribution in [-0.2, 0) is 6.42 Å². The van der Waals surface area contributed by atoms with Crippen molar-refractivity contribution in [2.24, 2.45) is 5.73 Å². The molecular formula is C16H20N4S. The van der Waals surface area contributed by atoms with Crippen LogP contribution in [0.5, 0.6) is 0 Å². The van der Waals surface area contributed by atoms with Crippen LogP contribution in [0.25, 0.3) is 22.6 Å². The predicted molar refractivity (Wildman–Crippen MR) is 88.7 cm³/mol. The van der Waals surface area contributed by atoms with Crippen LogP contribution in [0.3, 0.4) is 0 Å². The molecule has 3 aromatic rings. The van der Waals surface area contributed by atoms with Crippen molar-refractivity contribution < 1.29 is 0 Å². The van der Waals surface area contributed by atoms with Gasteiger partial charge in [0.25, 0.3) is 0 Å². The number of fused-ring (bicyclic) bond motifs is 1. The van der Waals surface area contributed by atoms with E-state index in [1.165, 1.54) is 11.1 Å². The van der Waals surface area contributed by atoms with E-state index in [1.54, 1.807) is 11.3 Å². The van der Waals surface area contributed by atoms with Crippen LogP contribution in [-0.4, -0.2) is 21.1 Å². The first-order valence-electron chi connectivity index (χ1n) is 7.23. The highest BCUT2D eigenvalue weighted by Gasteiger charge is 2.17. The molecule has 0 fully saturated rings. The standard InChI is InChI=1S/C16H20N4S/c1-10(2)20-14-5-4-11(3)8-12(14)19-16(20)13-9-21-15(18-13)6-7-17/h4-5,8-10H,6-7,17H2,1-3H3. The fourth-order valence-corrected chi connectivity index (χ4v) is 3.36. The van der Waals surface area contributed by atoms with E-state index >= 15 is 0 Å². The van der Waals surface area contributed by atoms with E-state index in [2.05, 4.69) is 53.9 Å². The van der Waals surface area contributed by atoms with Crippen LogP contribution < -0.4 is 5.73 Å². The number of nitrogens with two attached hydrogens (primary N) is 1. The van der Waals surface area contributed by atoms with Crippen LogP contribution in [0.1, 0.15) is 30.5 Å². The molecule has 2 heterocycles. The van der Waals surface area contributed by atoms with Gasteiger partial charge >= 0.3 is 0 Å². The van der Waals surface area contributed by atoms with Gasteiger partial charge in [-0.1, -0.05) is 6.07 Å². The number of benzene rings is 1. The quantitative estimate of drug-likeness (QED) is 0.801. The molecule has 0 aliphatic carbocycles. The van der Waals surface area contributed by atoms with E-state index < -0.39 is 0 Å². The lowest BCUT2D eigenvalue weighted by atomic mass is 10.2. The molecule has 5 heteroatoms. The molecule has 3 rings (SSSR count). The number of hydrogen-bond acceptors (Lipinski definition) is 4. The molecule has 21 heavy (non-hydrogen) atoms. The molecular weight excluding hydrogens is 280 g/mol. The third-order valence-electron chi connectivity index (χ3n) is 3.50. The highest BCUT2D eigenvalue weighted by Crippen LogP contribution is 2.29. The third-order valence-corrected chi connectivity index (χ3v) is 4.41. The molecule has 0 bridgehead atoms. The zero-order valence-corrected chi connectivity index (χ0v) is 13.4. The molecule has 0 saturated heterocycles. The summed E-state index contributed by atoms with van der Waals surface area (Å²) in [4.78, 5) is 9.50. The molecule has 0 spiro atoms. The number of imidazole rings is 1. The Morgan fingerprint density at radius 3 is 2.81 bits per heavy atom. The van der Waals surface area contributed by atoms with Gasteiger partial charge in [0.15, 0.2) is 5.82 Å². The predicted octanol–water partition coefficient (Wildman–Crippen LogP) is 3.55. The van der Waals surface area contributed by atoms with Gasteiger partial charge in [-0.05, 0) is 45.0 Å². The van der Waals surface area contributed by atoms with E-state index in [1.807, 2.05) is 0 Å². The number of rotatable bonds is 4. The molecule has 0 unspecified atom stereocenters. The smallest absolute Gasteiger partial charge is 0.160 e. The lowest BCUT2D eigenvalue weighted by Gasteiger charge is -2.11. The van der Waals surface area contributed by atoms with Gasteiger partial charge < -0.3 is 10.3 Å². The summed E-state index contributed by atoms with van der Waals surface area (Å²) in [5.74, 6) is 0.949. The van der Waals surface area contributed by atoms with Crippen molar-refractivity contribution in [3.05, 3.63) is 34.2 Å². The number of hydrogen-bond donors (Lipinski definition) is 1. The summed E-state index contributed by atoms with van der Waals surface area (Å²) < 4.78 is 2.26. The second-order valence-corrected chi connectivity index (χ2v) is 6.50. The van der Waals surface area contributed by atoms with Crippen molar-refractivity contribution in [3.8, 4) is 11.5 Å². The van der Waals surface area contributed by atoms with Gasteiger partial charge in [0, 0.05) is 17.8 Å². The topological polar surface area (TPSA) is 56.7 Å². The second kappa shape index (κ2) is 5.58. The lowest BCUT2D eigenvalue weighted by Crippen LogP contribution is -2.04. The average molecular weight is 300 g/mol. The molecule has 110 valence electrons. The van der Waals surface area contributed by atoms with Crippen LogP contribution >= 0.6 is 11.3 Å². The fourth-order valence-electron chi connectivity index (χ4n) is 2.56. The number of aromatic nitrogens is 3. The summed E-state index contributed by atoms with van der Waals surface area (Å²) in [6.45, 7) is 7.08. The summed E-state index contributed by atoms with van der Waals surface area (Å²) in [6, 6.07) is 6.75. The van der Waals surface area contributed by atoms with E-state index in [0.717, 1.165) is 28.5 Å². The van der Waals surface area contributed by atoms with E-state index in [9.17, 15) is 0 Å². The number of aryl methyl sites for hydroxylation is 1. The molecule has 0 amide bonds. The first-order valence-corrected chi connectivity index (χ1v) is 8.11. The Balaban J connectivity index is 2.18. The number of thiazole rings is 1. The Bertz CT molecular complexity index is 770. The maximum Gasteiger partial charge on any atom is 0.160 e. The molecule has 0 atom stereocenters. The van der Waals surface area contributed by atoms with Gasteiger partial charge in [0.1, 0.15) is 5.69 Å². The van der Waals surface area contributed by atoms with Gasteiger partial charge in [-0.2, -0.15) is 0 Å². The molecule has 4 nitrogen and oxygen atoms in total. The third kappa shape index (κ3) is 2.59. The Labute approximate surface area is 128 Å². The minimum Gasteiger partial charge on any atom is -0.330 e. The molecule has 1 aromatic carbocycles. The van der Waals surface area contributed by atoms with Gasteiger partial charge in [-0.25, -0.2) is 9.97 Å². The normalized spacial score (nSPS) is 11.7. The van der Waals surface area contributed by atoms with Crippen molar-refractivity contribution in [1.29, 1.82) is 0 Å². The first kappa shape index (κ1) is 14.2. The van der Waals surface area contributed by atoms with Crippen molar-refractivity contribution in [2.45, 2.75) is 33.2 Å². The minimum atomic E-state index is 0.340. The Kier molecular flexibility index (Phi) is 3.78. The van der Waals surface area contributed by atoms with Crippen LogP contribution in [0, 0.1) is 6.92 Å². The lowest BCUT2D eigenvalue weighted by molar-refractivity contribution is 0.623. The van der Waals surface area contributed by atoms with Gasteiger partial charge in [0.05, 0.1) is 16.0 Å². The monoisotopic (exact) mass is 300 g/mol. The van der Waals surface area contributed by atoms with Crippen molar-refractivity contribution in [3.63, 3.8) is 0 Å². The van der Waals surface area contributed by atoms with Crippen LogP contribution in [0.4, 0.5) is 0 Å². The summed E-state index contributed by atoms with van der Waals surface area (Å²) in [7, 11) is 0. The van der Waals surface area contributed by atoms with Crippen molar-refractivity contribution in [2.75, 3.05) is 6.54 Å². The maximum absolute atomic E-state index is 5.61. The summed E-state index contributed by atoms with van der Waals surface area (Å²) in [6.07, 6.45) is 0.825. The van der Waals surface area contributed by atoms with Gasteiger partial charge in [-0.15, -0.1) is 11.3 Å². The second-order valence-electron chi connectivity index (χ2n) is 5.56. The maximum atomic E-state index is 5.61. The highest BCUT2D eigenvalue weighted by molar-refractivity contribution is 7.09. The largest absolute Gasteiger partial charge is 0.330 e. The Morgan fingerprint density at radius 2 is 2.10 bits per heavy atom. The average Bonchev–Trinajstić information content (AvgIpc) is 3.02. The van der Waals surface area contributed by atoms with Crippen LogP contribution in [0.2, 0.25) is 0 Å². The number of nitrogens with zero attached hydrogens (tertiary/aromatic N) is 3. The van der Waals surface area contributed by atoms with Crippen molar-refractivity contribution >= 4 is 22.4 Å².